The van der Waals surface area contributed by atoms with Crippen molar-refractivity contribution in [3.63, 3.8) is 0 Å². The molecule has 0 bridgehead atoms. The highest BCUT2D eigenvalue weighted by Crippen LogP contribution is 2.16. The quantitative estimate of drug-likeness (QED) is 0.764. The number of rotatable bonds is 4. The van der Waals surface area contributed by atoms with Crippen molar-refractivity contribution in [1.82, 2.24) is 9.29 Å². The zero-order valence-electron chi connectivity index (χ0n) is 8.42. The van der Waals surface area contributed by atoms with Gasteiger partial charge in [0.2, 0.25) is 15.9 Å². The smallest absolute Gasteiger partial charge is 0.243 e. The highest BCUT2D eigenvalue weighted by atomic mass is 35.5. The predicted octanol–water partition coefficient (Wildman–Crippen LogP) is -0.159. The molecular formula is C8H10ClN3O3S. The van der Waals surface area contributed by atoms with E-state index in [9.17, 15) is 13.2 Å². The summed E-state index contributed by atoms with van der Waals surface area (Å²) in [6.07, 6.45) is 1.27. The van der Waals surface area contributed by atoms with Crippen LogP contribution in [0.25, 0.3) is 0 Å². The van der Waals surface area contributed by atoms with Gasteiger partial charge in [-0.1, -0.05) is 11.6 Å². The lowest BCUT2D eigenvalue weighted by atomic mass is 10.5. The van der Waals surface area contributed by atoms with E-state index in [1.807, 2.05) is 0 Å². The fourth-order valence-electron chi connectivity index (χ4n) is 1.03. The zero-order valence-corrected chi connectivity index (χ0v) is 9.99. The molecule has 1 amide bonds. The average molecular weight is 264 g/mol. The van der Waals surface area contributed by atoms with Crippen LogP contribution >= 0.6 is 11.6 Å². The molecule has 0 radical (unpaired) electrons. The molecule has 2 N–H and O–H groups in total. The molecule has 1 aromatic rings. The predicted molar refractivity (Wildman–Crippen MR) is 58.3 cm³/mol. The first kappa shape index (κ1) is 12.9. The molecule has 16 heavy (non-hydrogen) atoms. The lowest BCUT2D eigenvalue weighted by Crippen LogP contribution is -2.35. The van der Waals surface area contributed by atoms with Gasteiger partial charge in [0.05, 0.1) is 11.4 Å². The van der Waals surface area contributed by atoms with Crippen molar-refractivity contribution in [2.24, 2.45) is 5.73 Å². The summed E-state index contributed by atoms with van der Waals surface area (Å²) in [6.45, 7) is -0.387. The molecule has 6 nitrogen and oxygen atoms in total. The van der Waals surface area contributed by atoms with Gasteiger partial charge in [-0.3, -0.25) is 4.79 Å². The summed E-state index contributed by atoms with van der Waals surface area (Å²) < 4.78 is 24.6. The van der Waals surface area contributed by atoms with Crippen LogP contribution in [0.5, 0.6) is 0 Å². The fraction of sp³-hybridized carbons (Fsp3) is 0.250. The summed E-state index contributed by atoms with van der Waals surface area (Å²) in [5.74, 6) is -0.730. The summed E-state index contributed by atoms with van der Waals surface area (Å²) in [4.78, 5) is 14.3. The van der Waals surface area contributed by atoms with Gasteiger partial charge in [0, 0.05) is 13.2 Å². The van der Waals surface area contributed by atoms with Gasteiger partial charge in [-0.15, -0.1) is 0 Å². The van der Waals surface area contributed by atoms with Gasteiger partial charge in [0.25, 0.3) is 0 Å². The molecule has 1 aromatic heterocycles. The molecule has 0 aliphatic carbocycles. The normalized spacial score (nSPS) is 11.7. The summed E-state index contributed by atoms with van der Waals surface area (Å²) in [7, 11) is -2.49. The van der Waals surface area contributed by atoms with Gasteiger partial charge >= 0.3 is 0 Å². The van der Waals surface area contributed by atoms with E-state index < -0.39 is 15.9 Å². The molecule has 0 saturated heterocycles. The lowest BCUT2D eigenvalue weighted by molar-refractivity contribution is -0.118. The SMILES string of the molecule is CN(CC(N)=O)S(=O)(=O)c1ccnc(Cl)c1. The first-order chi connectivity index (χ1) is 7.34. The van der Waals surface area contributed by atoms with Gasteiger partial charge < -0.3 is 5.73 Å². The standard InChI is InChI=1S/C8H10ClN3O3S/c1-12(5-8(10)13)16(14,15)6-2-3-11-7(9)4-6/h2-4H,5H2,1H3,(H2,10,13). The Labute approximate surface area is 98.1 Å². The minimum Gasteiger partial charge on any atom is -0.369 e. The Morgan fingerprint density at radius 2 is 2.25 bits per heavy atom. The molecule has 0 saturated carbocycles. The number of carbonyl (C=O) groups excluding carboxylic acids is 1. The first-order valence-corrected chi connectivity index (χ1v) is 6.02. The summed E-state index contributed by atoms with van der Waals surface area (Å²) in [6, 6.07) is 2.49. The second-order valence-corrected chi connectivity index (χ2v) is 5.47. The van der Waals surface area contributed by atoms with Crippen LogP contribution < -0.4 is 5.73 Å². The third kappa shape index (κ3) is 2.91. The van der Waals surface area contributed by atoms with Crippen LogP contribution in [0.15, 0.2) is 23.2 Å². The van der Waals surface area contributed by atoms with E-state index in [4.69, 9.17) is 17.3 Å². The number of hydrogen-bond donors (Lipinski definition) is 1. The monoisotopic (exact) mass is 263 g/mol. The number of halogens is 1. The van der Waals surface area contributed by atoms with Gasteiger partial charge in [0.1, 0.15) is 5.15 Å². The van der Waals surface area contributed by atoms with Crippen LogP contribution in [-0.4, -0.2) is 37.2 Å². The van der Waals surface area contributed by atoms with E-state index in [1.165, 1.54) is 25.4 Å². The topological polar surface area (TPSA) is 93.4 Å². The Balaban J connectivity index is 3.07. The molecule has 8 heteroatoms. The molecule has 0 aliphatic heterocycles. The number of sulfonamides is 1. The summed E-state index contributed by atoms with van der Waals surface area (Å²) >= 11 is 5.58. The maximum Gasteiger partial charge on any atom is 0.243 e. The molecular weight excluding hydrogens is 254 g/mol. The molecule has 0 aromatic carbocycles. The van der Waals surface area contributed by atoms with Crippen LogP contribution in [0.1, 0.15) is 0 Å². The number of likely N-dealkylation sites (N-methyl/N-ethyl adjacent to an activating group) is 1. The zero-order chi connectivity index (χ0) is 12.3. The molecule has 1 rings (SSSR count). The van der Waals surface area contributed by atoms with Crippen LogP contribution in [0.2, 0.25) is 5.15 Å². The highest BCUT2D eigenvalue weighted by molar-refractivity contribution is 7.89. The number of nitrogens with two attached hydrogens (primary N) is 1. The van der Waals surface area contributed by atoms with Crippen molar-refractivity contribution in [1.29, 1.82) is 0 Å². The van der Waals surface area contributed by atoms with Crippen molar-refractivity contribution in [2.45, 2.75) is 4.90 Å². The van der Waals surface area contributed by atoms with Crippen LogP contribution in [0, 0.1) is 0 Å². The van der Waals surface area contributed by atoms with Gasteiger partial charge in [-0.2, -0.15) is 4.31 Å². The Bertz CT molecular complexity index is 503. The number of hydrogen-bond acceptors (Lipinski definition) is 4. The van der Waals surface area contributed by atoms with Crippen LogP contribution in [0.4, 0.5) is 0 Å². The molecule has 0 aliphatic rings. The molecule has 88 valence electrons. The number of aromatic nitrogens is 1. The number of carbonyl (C=O) groups is 1. The Morgan fingerprint density at radius 3 is 2.75 bits per heavy atom. The number of pyridine rings is 1. The molecule has 0 fully saturated rings. The average Bonchev–Trinajstić information content (AvgIpc) is 2.16. The van der Waals surface area contributed by atoms with E-state index in [2.05, 4.69) is 4.98 Å². The number of amides is 1. The molecule has 1 heterocycles. The van der Waals surface area contributed by atoms with E-state index >= 15 is 0 Å². The van der Waals surface area contributed by atoms with Crippen molar-refractivity contribution < 1.29 is 13.2 Å². The Kier molecular flexibility index (Phi) is 3.84. The molecule has 0 unspecified atom stereocenters. The maximum absolute atomic E-state index is 11.9. The highest BCUT2D eigenvalue weighted by Gasteiger charge is 2.22. The minimum atomic E-state index is -3.75. The third-order valence-corrected chi connectivity index (χ3v) is 3.79. The van der Waals surface area contributed by atoms with E-state index in [1.54, 1.807) is 0 Å². The van der Waals surface area contributed by atoms with Gasteiger partial charge in [0.15, 0.2) is 0 Å². The summed E-state index contributed by atoms with van der Waals surface area (Å²) in [5, 5.41) is 0.0635. The van der Waals surface area contributed by atoms with Gasteiger partial charge in [-0.25, -0.2) is 13.4 Å². The summed E-state index contributed by atoms with van der Waals surface area (Å²) in [5.41, 5.74) is 4.91. The second-order valence-electron chi connectivity index (χ2n) is 3.04. The largest absolute Gasteiger partial charge is 0.369 e. The fourth-order valence-corrected chi connectivity index (χ4v) is 2.42. The van der Waals surface area contributed by atoms with Crippen LogP contribution in [-0.2, 0) is 14.8 Å². The maximum atomic E-state index is 11.9. The molecule has 0 atom stereocenters. The Morgan fingerprint density at radius 1 is 1.62 bits per heavy atom. The second kappa shape index (κ2) is 4.77. The van der Waals surface area contributed by atoms with Gasteiger partial charge in [-0.05, 0) is 12.1 Å². The molecule has 0 spiro atoms. The van der Waals surface area contributed by atoms with Crippen molar-refractivity contribution in [3.8, 4) is 0 Å². The Hall–Kier alpha value is -1.18. The van der Waals surface area contributed by atoms with E-state index in [0.717, 1.165) is 4.31 Å². The van der Waals surface area contributed by atoms with E-state index in [-0.39, 0.29) is 16.6 Å². The number of primary amides is 1. The first-order valence-electron chi connectivity index (χ1n) is 4.20. The van der Waals surface area contributed by atoms with Crippen LogP contribution in [0.3, 0.4) is 0 Å². The third-order valence-electron chi connectivity index (χ3n) is 1.78. The minimum absolute atomic E-state index is 0.0312. The van der Waals surface area contributed by atoms with E-state index in [0.29, 0.717) is 0 Å². The van der Waals surface area contributed by atoms with Crippen molar-refractivity contribution in [2.75, 3.05) is 13.6 Å². The van der Waals surface area contributed by atoms with Crippen molar-refractivity contribution in [3.05, 3.63) is 23.5 Å². The van der Waals surface area contributed by atoms with Crippen molar-refractivity contribution >= 4 is 27.5 Å². The number of nitrogens with zero attached hydrogens (tertiary/aromatic N) is 2. The lowest BCUT2D eigenvalue weighted by Gasteiger charge is -2.14.